The summed E-state index contributed by atoms with van der Waals surface area (Å²) in [5, 5.41) is 3.11. The van der Waals surface area contributed by atoms with Crippen LogP contribution in [0.2, 0.25) is 0 Å². The van der Waals surface area contributed by atoms with Crippen molar-refractivity contribution in [2.45, 2.75) is 18.9 Å². The largest absolute Gasteiger partial charge is 0.383 e. The van der Waals surface area contributed by atoms with Gasteiger partial charge >= 0.3 is 0 Å². The molecule has 0 aromatic heterocycles. The monoisotopic (exact) mass is 251 g/mol. The predicted octanol–water partition coefficient (Wildman–Crippen LogP) is -0.849. The second-order valence-corrected chi connectivity index (χ2v) is 5.63. The van der Waals surface area contributed by atoms with Crippen molar-refractivity contribution in [3.8, 4) is 0 Å². The molecular weight excluding hydrogens is 230 g/mol. The second-order valence-electron chi connectivity index (χ2n) is 3.88. The lowest BCUT2D eigenvalue weighted by molar-refractivity contribution is 0.203. The van der Waals surface area contributed by atoms with Gasteiger partial charge in [0.05, 0.1) is 6.61 Å². The molecule has 0 bridgehead atoms. The highest BCUT2D eigenvalue weighted by molar-refractivity contribution is 7.87. The minimum absolute atomic E-state index is 0.257. The van der Waals surface area contributed by atoms with E-state index in [1.54, 1.807) is 7.11 Å². The third kappa shape index (κ3) is 3.99. The van der Waals surface area contributed by atoms with Crippen LogP contribution >= 0.6 is 0 Å². The third-order valence-corrected chi connectivity index (χ3v) is 4.30. The molecule has 1 saturated heterocycles. The number of likely N-dealkylation sites (N-methyl/N-ethyl adjacent to an activating group) is 1. The van der Waals surface area contributed by atoms with Crippen LogP contribution in [0.3, 0.4) is 0 Å². The molecule has 1 heterocycles. The van der Waals surface area contributed by atoms with Crippen molar-refractivity contribution in [1.29, 1.82) is 0 Å². The van der Waals surface area contributed by atoms with Crippen LogP contribution in [-0.2, 0) is 14.9 Å². The molecule has 1 atom stereocenters. The fraction of sp³-hybridized carbons (Fsp3) is 1.00. The Morgan fingerprint density at radius 3 is 2.88 bits per heavy atom. The molecule has 0 saturated carbocycles. The summed E-state index contributed by atoms with van der Waals surface area (Å²) < 4.78 is 32.5. The first kappa shape index (κ1) is 13.9. The summed E-state index contributed by atoms with van der Waals surface area (Å²) in [6.45, 7) is 1.85. The lowest BCUT2D eigenvalue weighted by Crippen LogP contribution is -2.51. The molecular formula is C9H21N3O3S. The van der Waals surface area contributed by atoms with E-state index in [4.69, 9.17) is 4.74 Å². The van der Waals surface area contributed by atoms with Gasteiger partial charge in [0.2, 0.25) is 0 Å². The lowest BCUT2D eigenvalue weighted by atomic mass is 10.1. The topological polar surface area (TPSA) is 70.7 Å². The van der Waals surface area contributed by atoms with Crippen LogP contribution in [0, 0.1) is 0 Å². The molecule has 0 radical (unpaired) electrons. The van der Waals surface area contributed by atoms with Crippen molar-refractivity contribution in [1.82, 2.24) is 14.3 Å². The van der Waals surface area contributed by atoms with Gasteiger partial charge < -0.3 is 10.1 Å². The number of piperidine rings is 1. The van der Waals surface area contributed by atoms with Gasteiger partial charge in [0.1, 0.15) is 0 Å². The molecule has 0 amide bonds. The zero-order valence-electron chi connectivity index (χ0n) is 9.90. The maximum atomic E-state index is 11.9. The molecule has 96 valence electrons. The molecule has 1 aliphatic heterocycles. The van der Waals surface area contributed by atoms with E-state index in [1.165, 1.54) is 4.31 Å². The molecule has 1 unspecified atom stereocenters. The van der Waals surface area contributed by atoms with Crippen LogP contribution in [0.1, 0.15) is 12.8 Å². The summed E-state index contributed by atoms with van der Waals surface area (Å²) in [6, 6.07) is 0.257. The average molecular weight is 251 g/mol. The van der Waals surface area contributed by atoms with Crippen LogP contribution < -0.4 is 10.0 Å². The van der Waals surface area contributed by atoms with Gasteiger partial charge in [-0.3, -0.25) is 0 Å². The Kier molecular flexibility index (Phi) is 5.63. The summed E-state index contributed by atoms with van der Waals surface area (Å²) in [6.07, 6.45) is 1.93. The number of hydrogen-bond donors (Lipinski definition) is 2. The van der Waals surface area contributed by atoms with Gasteiger partial charge in [-0.25, -0.2) is 0 Å². The summed E-state index contributed by atoms with van der Waals surface area (Å²) in [4.78, 5) is 0. The van der Waals surface area contributed by atoms with Gasteiger partial charge in [-0.05, 0) is 19.9 Å². The van der Waals surface area contributed by atoms with E-state index < -0.39 is 10.2 Å². The van der Waals surface area contributed by atoms with Crippen molar-refractivity contribution in [2.24, 2.45) is 0 Å². The fourth-order valence-corrected chi connectivity index (χ4v) is 3.03. The maximum Gasteiger partial charge on any atom is 0.279 e. The highest BCUT2D eigenvalue weighted by atomic mass is 32.2. The van der Waals surface area contributed by atoms with Gasteiger partial charge in [-0.1, -0.05) is 0 Å². The Morgan fingerprint density at radius 2 is 2.25 bits per heavy atom. The first-order valence-electron chi connectivity index (χ1n) is 5.51. The minimum Gasteiger partial charge on any atom is -0.383 e. The first-order valence-corrected chi connectivity index (χ1v) is 6.95. The second kappa shape index (κ2) is 6.51. The lowest BCUT2D eigenvalue weighted by Gasteiger charge is -2.31. The number of nitrogens with zero attached hydrogens (tertiary/aromatic N) is 1. The van der Waals surface area contributed by atoms with E-state index in [2.05, 4.69) is 10.0 Å². The zero-order chi connectivity index (χ0) is 12.0. The van der Waals surface area contributed by atoms with Crippen molar-refractivity contribution in [2.75, 3.05) is 40.4 Å². The minimum atomic E-state index is -3.34. The fourth-order valence-electron chi connectivity index (χ4n) is 1.76. The van der Waals surface area contributed by atoms with Gasteiger partial charge in [0.25, 0.3) is 10.2 Å². The van der Waals surface area contributed by atoms with E-state index in [0.717, 1.165) is 12.8 Å². The van der Waals surface area contributed by atoms with E-state index in [9.17, 15) is 8.42 Å². The Hall–Kier alpha value is -0.210. The molecule has 0 spiro atoms. The molecule has 2 N–H and O–H groups in total. The van der Waals surface area contributed by atoms with Crippen LogP contribution in [-0.4, -0.2) is 59.2 Å². The van der Waals surface area contributed by atoms with Gasteiger partial charge in [-0.2, -0.15) is 17.4 Å². The van der Waals surface area contributed by atoms with Gasteiger partial charge in [-0.15, -0.1) is 0 Å². The Morgan fingerprint density at radius 1 is 1.50 bits per heavy atom. The van der Waals surface area contributed by atoms with E-state index in [1.807, 2.05) is 7.05 Å². The van der Waals surface area contributed by atoms with E-state index >= 15 is 0 Å². The van der Waals surface area contributed by atoms with Crippen LogP contribution in [0.25, 0.3) is 0 Å². The molecule has 6 nitrogen and oxygen atoms in total. The Balaban J connectivity index is 2.47. The number of hydrogen-bond acceptors (Lipinski definition) is 4. The molecule has 1 aliphatic rings. The molecule has 1 fully saturated rings. The standard InChI is InChI=1S/C9H21N3O3S/c1-10-9-4-3-6-12(8-9)16(13,14)11-5-7-15-2/h9-11H,3-8H2,1-2H3. The number of methoxy groups -OCH3 is 1. The number of rotatable bonds is 6. The zero-order valence-corrected chi connectivity index (χ0v) is 10.7. The summed E-state index contributed by atoms with van der Waals surface area (Å²) in [7, 11) is 0.0728. The predicted molar refractivity (Wildman–Crippen MR) is 62.5 cm³/mol. The van der Waals surface area contributed by atoms with Crippen molar-refractivity contribution >= 4 is 10.2 Å². The summed E-state index contributed by atoms with van der Waals surface area (Å²) in [5.74, 6) is 0. The SMILES string of the molecule is CNC1CCCN(S(=O)(=O)NCCOC)C1. The highest BCUT2D eigenvalue weighted by Gasteiger charge is 2.27. The maximum absolute atomic E-state index is 11.9. The van der Waals surface area contributed by atoms with Crippen molar-refractivity contribution in [3.63, 3.8) is 0 Å². The third-order valence-electron chi connectivity index (χ3n) is 2.72. The Bertz CT molecular complexity index is 294. The Labute approximate surface area is 97.5 Å². The van der Waals surface area contributed by atoms with E-state index in [-0.39, 0.29) is 6.04 Å². The van der Waals surface area contributed by atoms with E-state index in [0.29, 0.717) is 26.2 Å². The molecule has 0 aromatic rings. The van der Waals surface area contributed by atoms with Crippen molar-refractivity contribution < 1.29 is 13.2 Å². The quantitative estimate of drug-likeness (QED) is 0.603. The van der Waals surface area contributed by atoms with Gasteiger partial charge in [0, 0.05) is 32.8 Å². The van der Waals surface area contributed by atoms with Crippen molar-refractivity contribution in [3.05, 3.63) is 0 Å². The molecule has 1 rings (SSSR count). The summed E-state index contributed by atoms with van der Waals surface area (Å²) in [5.41, 5.74) is 0. The van der Waals surface area contributed by atoms with Crippen LogP contribution in [0.4, 0.5) is 0 Å². The number of ether oxygens (including phenoxy) is 1. The van der Waals surface area contributed by atoms with Gasteiger partial charge in [0.15, 0.2) is 0 Å². The molecule has 0 aromatic carbocycles. The molecule has 7 heteroatoms. The van der Waals surface area contributed by atoms with Crippen LogP contribution in [0.15, 0.2) is 0 Å². The van der Waals surface area contributed by atoms with Crippen LogP contribution in [0.5, 0.6) is 0 Å². The molecule has 16 heavy (non-hydrogen) atoms. The normalized spacial score (nSPS) is 23.5. The highest BCUT2D eigenvalue weighted by Crippen LogP contribution is 2.12. The first-order chi connectivity index (χ1) is 7.60. The molecule has 0 aliphatic carbocycles. The smallest absolute Gasteiger partial charge is 0.279 e. The number of nitrogens with one attached hydrogen (secondary N) is 2. The average Bonchev–Trinajstić information content (AvgIpc) is 2.29. The summed E-state index contributed by atoms with van der Waals surface area (Å²) >= 11 is 0.